The number of nitrogens with one attached hydrogen (secondary N) is 1. The average Bonchev–Trinajstić information content (AvgIpc) is 2.70. The molecule has 0 spiro atoms. The van der Waals surface area contributed by atoms with Crippen LogP contribution in [0.3, 0.4) is 0 Å². The Balaban J connectivity index is 1.61. The zero-order valence-electron chi connectivity index (χ0n) is 10.7. The molecule has 0 saturated carbocycles. The third-order valence-electron chi connectivity index (χ3n) is 3.85. The zero-order valence-corrected chi connectivity index (χ0v) is 10.7. The van der Waals surface area contributed by atoms with Crippen LogP contribution < -0.4 is 5.32 Å². The molecule has 6 heteroatoms. The Morgan fingerprint density at radius 1 is 1.42 bits per heavy atom. The maximum Gasteiger partial charge on any atom is 0.324 e. The van der Waals surface area contributed by atoms with Crippen molar-refractivity contribution >= 4 is 11.9 Å². The predicted molar refractivity (Wildman–Crippen MR) is 68.3 cm³/mol. The summed E-state index contributed by atoms with van der Waals surface area (Å²) < 4.78 is 0. The van der Waals surface area contributed by atoms with Crippen LogP contribution >= 0.6 is 0 Å². The molecular formula is C13H16N4O2. The van der Waals surface area contributed by atoms with E-state index in [2.05, 4.69) is 22.1 Å². The first-order valence-electron chi connectivity index (χ1n) is 6.40. The molecule has 0 aliphatic carbocycles. The van der Waals surface area contributed by atoms with Gasteiger partial charge in [-0.25, -0.2) is 4.79 Å². The van der Waals surface area contributed by atoms with Crippen molar-refractivity contribution in [3.05, 3.63) is 30.1 Å². The minimum absolute atomic E-state index is 0.00845. The lowest BCUT2D eigenvalue weighted by Gasteiger charge is -2.45. The first-order chi connectivity index (χ1) is 9.16. The molecule has 3 amide bonds. The second-order valence-electron chi connectivity index (χ2n) is 4.99. The predicted octanol–water partition coefficient (Wildman–Crippen LogP) is 0.379. The van der Waals surface area contributed by atoms with Gasteiger partial charge in [-0.3, -0.25) is 19.6 Å². The van der Waals surface area contributed by atoms with E-state index in [0.717, 1.165) is 18.7 Å². The highest BCUT2D eigenvalue weighted by Crippen LogP contribution is 2.27. The van der Waals surface area contributed by atoms with Crippen LogP contribution in [0.1, 0.15) is 18.5 Å². The first kappa shape index (κ1) is 12.1. The molecule has 0 bridgehead atoms. The van der Waals surface area contributed by atoms with E-state index in [1.165, 1.54) is 4.90 Å². The van der Waals surface area contributed by atoms with Crippen LogP contribution in [0.25, 0.3) is 0 Å². The Kier molecular flexibility index (Phi) is 2.94. The fraction of sp³-hybridized carbons (Fsp3) is 0.462. The van der Waals surface area contributed by atoms with E-state index in [9.17, 15) is 9.59 Å². The minimum Gasteiger partial charge on any atom is -0.329 e. The number of carbonyl (C=O) groups is 2. The van der Waals surface area contributed by atoms with Gasteiger partial charge in [0.05, 0.1) is 12.6 Å². The number of urea groups is 1. The van der Waals surface area contributed by atoms with E-state index in [1.54, 1.807) is 6.20 Å². The lowest BCUT2D eigenvalue weighted by atomic mass is 10.0. The molecule has 2 aliphatic rings. The Morgan fingerprint density at radius 2 is 2.21 bits per heavy atom. The van der Waals surface area contributed by atoms with Crippen LogP contribution in [0.4, 0.5) is 4.79 Å². The monoisotopic (exact) mass is 260 g/mol. The van der Waals surface area contributed by atoms with E-state index in [0.29, 0.717) is 0 Å². The Morgan fingerprint density at radius 3 is 2.79 bits per heavy atom. The van der Waals surface area contributed by atoms with E-state index >= 15 is 0 Å². The second-order valence-corrected chi connectivity index (χ2v) is 4.99. The highest BCUT2D eigenvalue weighted by Gasteiger charge is 2.42. The van der Waals surface area contributed by atoms with Gasteiger partial charge in [0.25, 0.3) is 0 Å². The molecule has 3 rings (SSSR count). The Bertz CT molecular complexity index is 483. The van der Waals surface area contributed by atoms with Crippen molar-refractivity contribution in [1.29, 1.82) is 0 Å². The van der Waals surface area contributed by atoms with Crippen LogP contribution in [0.15, 0.2) is 24.5 Å². The Labute approximate surface area is 111 Å². The number of amides is 3. The molecule has 1 atom stereocenters. The summed E-state index contributed by atoms with van der Waals surface area (Å²) >= 11 is 0. The van der Waals surface area contributed by atoms with Crippen molar-refractivity contribution in [2.45, 2.75) is 19.0 Å². The summed E-state index contributed by atoms with van der Waals surface area (Å²) in [4.78, 5) is 30.8. The van der Waals surface area contributed by atoms with Gasteiger partial charge >= 0.3 is 6.03 Å². The van der Waals surface area contributed by atoms with Crippen molar-refractivity contribution < 1.29 is 9.59 Å². The maximum absolute atomic E-state index is 11.6. The first-order valence-corrected chi connectivity index (χ1v) is 6.40. The van der Waals surface area contributed by atoms with Crippen molar-refractivity contribution in [2.24, 2.45) is 0 Å². The molecule has 6 nitrogen and oxygen atoms in total. The third-order valence-corrected chi connectivity index (χ3v) is 3.85. The standard InChI is InChI=1S/C13H16N4O2/c1-9(10-3-2-4-14-5-10)16-7-11(8-16)17-12(18)6-15-13(17)19/h2-5,9,11H,6-8H2,1H3,(H,15,19). The molecule has 2 fully saturated rings. The van der Waals surface area contributed by atoms with Crippen molar-refractivity contribution in [2.75, 3.05) is 19.6 Å². The lowest BCUT2D eigenvalue weighted by molar-refractivity contribution is -0.129. The summed E-state index contributed by atoms with van der Waals surface area (Å²) in [5, 5.41) is 2.55. The van der Waals surface area contributed by atoms with Crippen LogP contribution in [-0.2, 0) is 4.79 Å². The number of hydrogen-bond acceptors (Lipinski definition) is 4. The fourth-order valence-corrected chi connectivity index (χ4v) is 2.61. The molecule has 1 aromatic rings. The summed E-state index contributed by atoms with van der Waals surface area (Å²) in [5.74, 6) is -0.122. The highest BCUT2D eigenvalue weighted by molar-refractivity contribution is 6.02. The minimum atomic E-state index is -0.260. The molecule has 0 aromatic carbocycles. The zero-order chi connectivity index (χ0) is 13.4. The molecule has 1 N–H and O–H groups in total. The fourth-order valence-electron chi connectivity index (χ4n) is 2.61. The SMILES string of the molecule is CC(c1cccnc1)N1CC(N2C(=O)CNC2=O)C1. The van der Waals surface area contributed by atoms with Crippen molar-refractivity contribution in [3.63, 3.8) is 0 Å². The van der Waals surface area contributed by atoms with Gasteiger partial charge in [0.1, 0.15) is 0 Å². The Hall–Kier alpha value is -1.95. The highest BCUT2D eigenvalue weighted by atomic mass is 16.2. The van der Waals surface area contributed by atoms with E-state index in [-0.39, 0.29) is 30.6 Å². The van der Waals surface area contributed by atoms with E-state index in [1.807, 2.05) is 18.3 Å². The number of hydrogen-bond donors (Lipinski definition) is 1. The van der Waals surface area contributed by atoms with Crippen molar-refractivity contribution in [3.8, 4) is 0 Å². The van der Waals surface area contributed by atoms with Gasteiger partial charge in [-0.1, -0.05) is 6.07 Å². The molecule has 3 heterocycles. The smallest absolute Gasteiger partial charge is 0.324 e. The largest absolute Gasteiger partial charge is 0.329 e. The van der Waals surface area contributed by atoms with Gasteiger partial charge in [-0.15, -0.1) is 0 Å². The number of imide groups is 1. The molecule has 1 unspecified atom stereocenters. The van der Waals surface area contributed by atoms with E-state index in [4.69, 9.17) is 0 Å². The number of aromatic nitrogens is 1. The van der Waals surface area contributed by atoms with E-state index < -0.39 is 0 Å². The van der Waals surface area contributed by atoms with Gasteiger partial charge < -0.3 is 5.32 Å². The summed E-state index contributed by atoms with van der Waals surface area (Å²) in [6.45, 7) is 3.71. The van der Waals surface area contributed by atoms with Gasteiger partial charge in [-0.2, -0.15) is 0 Å². The topological polar surface area (TPSA) is 65.5 Å². The van der Waals surface area contributed by atoms with Crippen LogP contribution in [0, 0.1) is 0 Å². The van der Waals surface area contributed by atoms with Crippen LogP contribution in [0.5, 0.6) is 0 Å². The molecule has 2 aliphatic heterocycles. The lowest BCUT2D eigenvalue weighted by Crippen LogP contribution is -2.61. The van der Waals surface area contributed by atoms with Crippen LogP contribution in [-0.4, -0.2) is 52.4 Å². The number of carbonyl (C=O) groups excluding carboxylic acids is 2. The molecule has 100 valence electrons. The average molecular weight is 260 g/mol. The molecule has 0 radical (unpaired) electrons. The quantitative estimate of drug-likeness (QED) is 0.798. The van der Waals surface area contributed by atoms with Crippen LogP contribution in [0.2, 0.25) is 0 Å². The van der Waals surface area contributed by atoms with Gasteiger partial charge in [0, 0.05) is 31.5 Å². The van der Waals surface area contributed by atoms with Gasteiger partial charge in [0.2, 0.25) is 5.91 Å². The molecule has 1 aromatic heterocycles. The number of likely N-dealkylation sites (tertiary alicyclic amines) is 1. The van der Waals surface area contributed by atoms with Gasteiger partial charge in [-0.05, 0) is 18.6 Å². The summed E-state index contributed by atoms with van der Waals surface area (Å²) in [5.41, 5.74) is 1.15. The number of rotatable bonds is 3. The van der Waals surface area contributed by atoms with Gasteiger partial charge in [0.15, 0.2) is 0 Å². The summed E-state index contributed by atoms with van der Waals surface area (Å²) in [6, 6.07) is 3.96. The van der Waals surface area contributed by atoms with Crippen molar-refractivity contribution in [1.82, 2.24) is 20.1 Å². The maximum atomic E-state index is 11.6. The molecule has 19 heavy (non-hydrogen) atoms. The summed E-state index contributed by atoms with van der Waals surface area (Å²) in [6.07, 6.45) is 3.61. The molecule has 2 saturated heterocycles. The molecular weight excluding hydrogens is 244 g/mol. The third kappa shape index (κ3) is 2.08. The number of nitrogens with zero attached hydrogens (tertiary/aromatic N) is 3. The normalized spacial score (nSPS) is 22.3. The second kappa shape index (κ2) is 4.62. The summed E-state index contributed by atoms with van der Waals surface area (Å²) in [7, 11) is 0. The number of pyridine rings is 1.